The Morgan fingerprint density at radius 1 is 1.23 bits per heavy atom. The number of hydrogen-bond acceptors (Lipinski definition) is 5. The molecule has 3 aromatic rings. The van der Waals surface area contributed by atoms with E-state index in [1.807, 2.05) is 35.8 Å². The lowest BCUT2D eigenvalue weighted by Gasteiger charge is -2.12. The van der Waals surface area contributed by atoms with Gasteiger partial charge in [0.2, 0.25) is 0 Å². The van der Waals surface area contributed by atoms with Crippen LogP contribution in [0.1, 0.15) is 65.4 Å². The van der Waals surface area contributed by atoms with Gasteiger partial charge < -0.3 is 0 Å². The van der Waals surface area contributed by atoms with E-state index in [4.69, 9.17) is 16.6 Å². The number of carbonyl (C=O) groups excluding carboxylic acids is 1. The van der Waals surface area contributed by atoms with Gasteiger partial charge in [0.25, 0.3) is 0 Å². The van der Waals surface area contributed by atoms with E-state index in [2.05, 4.69) is 24.0 Å². The van der Waals surface area contributed by atoms with Crippen LogP contribution in [0, 0.1) is 20.8 Å². The number of Topliss-reactive ketones (excluding diaryl/α,β-unsaturated/α-hetero) is 1. The molecule has 3 heterocycles. The zero-order chi connectivity index (χ0) is 22.3. The van der Waals surface area contributed by atoms with Crippen LogP contribution in [0.3, 0.4) is 0 Å². The minimum atomic E-state index is -1.00. The van der Waals surface area contributed by atoms with E-state index in [1.165, 1.54) is 11.8 Å². The number of aryl methyl sites for hydroxylation is 2. The molecule has 5 nitrogen and oxygen atoms in total. The maximum absolute atomic E-state index is 13.3. The minimum Gasteiger partial charge on any atom is -0.300 e. The van der Waals surface area contributed by atoms with Crippen LogP contribution in [-0.2, 0) is 4.79 Å². The average molecular weight is 459 g/mol. The number of nitrogens with zero attached hydrogens (tertiary/aromatic N) is 4. The highest BCUT2D eigenvalue weighted by Crippen LogP contribution is 2.39. The van der Waals surface area contributed by atoms with Crippen molar-refractivity contribution in [1.82, 2.24) is 14.8 Å². The summed E-state index contributed by atoms with van der Waals surface area (Å²) in [6, 6.07) is 7.08. The molecule has 1 aromatic carbocycles. The zero-order valence-electron chi connectivity index (χ0n) is 17.9. The summed E-state index contributed by atoms with van der Waals surface area (Å²) < 4.78 is 15.3. The molecule has 2 aromatic heterocycles. The molecule has 31 heavy (non-hydrogen) atoms. The summed E-state index contributed by atoms with van der Waals surface area (Å²) in [6.07, 6.45) is -0.437. The fourth-order valence-corrected chi connectivity index (χ4v) is 5.15. The summed E-state index contributed by atoms with van der Waals surface area (Å²) in [5.74, 6) is 1.37. The molecule has 1 aliphatic rings. The Hall–Kier alpha value is -2.38. The number of rotatable bonds is 6. The van der Waals surface area contributed by atoms with E-state index < -0.39 is 12.2 Å². The van der Waals surface area contributed by atoms with Crippen molar-refractivity contribution in [3.05, 3.63) is 62.5 Å². The van der Waals surface area contributed by atoms with Gasteiger partial charge in [0, 0.05) is 33.9 Å². The van der Waals surface area contributed by atoms with Gasteiger partial charge in [0.05, 0.1) is 11.9 Å². The van der Waals surface area contributed by atoms with Crippen molar-refractivity contribution in [2.75, 3.05) is 0 Å². The third-order valence-corrected chi connectivity index (χ3v) is 7.04. The van der Waals surface area contributed by atoms with Gasteiger partial charge in [0.15, 0.2) is 5.82 Å². The van der Waals surface area contributed by atoms with Crippen LogP contribution in [0.15, 0.2) is 29.3 Å². The first-order valence-electron chi connectivity index (χ1n) is 10.3. The van der Waals surface area contributed by atoms with Crippen LogP contribution >= 0.6 is 22.9 Å². The molecular weight excluding hydrogens is 435 g/mol. The van der Waals surface area contributed by atoms with E-state index in [0.29, 0.717) is 10.8 Å². The molecular formula is C23H24ClFN4OS. The van der Waals surface area contributed by atoms with Crippen LogP contribution < -0.4 is 0 Å². The molecule has 1 unspecified atom stereocenters. The van der Waals surface area contributed by atoms with E-state index in [-0.39, 0.29) is 25.0 Å². The Morgan fingerprint density at radius 3 is 2.61 bits per heavy atom. The number of halogens is 2. The van der Waals surface area contributed by atoms with Gasteiger partial charge in [-0.1, -0.05) is 23.7 Å². The fraction of sp³-hybridized carbons (Fsp3) is 0.391. The molecule has 0 saturated heterocycles. The lowest BCUT2D eigenvalue weighted by Crippen LogP contribution is -2.12. The molecule has 0 radical (unpaired) electrons. The quantitative estimate of drug-likeness (QED) is 0.462. The molecule has 162 valence electrons. The third-order valence-electron chi connectivity index (χ3n) is 5.60. The fourth-order valence-electron chi connectivity index (χ4n) is 3.81. The maximum atomic E-state index is 13.3. The summed E-state index contributed by atoms with van der Waals surface area (Å²) in [5, 5.41) is 10.3. The molecule has 0 aliphatic carbocycles. The van der Waals surface area contributed by atoms with Gasteiger partial charge >= 0.3 is 0 Å². The average Bonchev–Trinajstić information content (AvgIpc) is 3.19. The SMILES string of the molecule is Cc1sc2c(c1C)C(c1ccc(Cl)cc1)=N[C@@H](CC(=O)CCC(C)F)c1nnc(C)n1-2. The summed E-state index contributed by atoms with van der Waals surface area (Å²) in [7, 11) is 0. The number of carbonyl (C=O) groups is 1. The van der Waals surface area contributed by atoms with Gasteiger partial charge in [-0.05, 0) is 51.8 Å². The van der Waals surface area contributed by atoms with Gasteiger partial charge in [-0.15, -0.1) is 21.5 Å². The van der Waals surface area contributed by atoms with E-state index in [0.717, 1.165) is 33.2 Å². The van der Waals surface area contributed by atoms with Crippen molar-refractivity contribution >= 4 is 34.4 Å². The molecule has 0 fully saturated rings. The predicted molar refractivity (Wildman–Crippen MR) is 123 cm³/mol. The number of thiophene rings is 1. The second-order valence-corrected chi connectivity index (χ2v) is 9.61. The standard InChI is InChI=1S/C23H24ClFN4OS/c1-12(25)5-10-18(30)11-19-22-28-27-15(4)29(22)23-20(13(2)14(3)31-23)21(26-19)16-6-8-17(24)9-7-16/h6-9,12,19H,5,10-11H2,1-4H3/t12?,19-/m0/s1. The molecule has 0 amide bonds. The zero-order valence-corrected chi connectivity index (χ0v) is 19.5. The summed E-state index contributed by atoms with van der Waals surface area (Å²) >= 11 is 7.79. The highest BCUT2D eigenvalue weighted by atomic mass is 35.5. The third kappa shape index (κ3) is 4.21. The van der Waals surface area contributed by atoms with Crippen molar-refractivity contribution in [3.63, 3.8) is 0 Å². The molecule has 0 saturated carbocycles. The molecule has 8 heteroatoms. The van der Waals surface area contributed by atoms with Crippen LogP contribution in [0.4, 0.5) is 4.39 Å². The monoisotopic (exact) mass is 458 g/mol. The molecule has 2 atom stereocenters. The lowest BCUT2D eigenvalue weighted by molar-refractivity contribution is -0.119. The highest BCUT2D eigenvalue weighted by Gasteiger charge is 2.32. The summed E-state index contributed by atoms with van der Waals surface area (Å²) in [5.41, 5.74) is 3.92. The van der Waals surface area contributed by atoms with E-state index >= 15 is 0 Å². The van der Waals surface area contributed by atoms with Gasteiger partial charge in [-0.3, -0.25) is 14.4 Å². The van der Waals surface area contributed by atoms with E-state index in [1.54, 1.807) is 11.3 Å². The number of benzene rings is 1. The van der Waals surface area contributed by atoms with Crippen molar-refractivity contribution < 1.29 is 9.18 Å². The van der Waals surface area contributed by atoms with Crippen molar-refractivity contribution in [3.8, 4) is 5.00 Å². The van der Waals surface area contributed by atoms with E-state index in [9.17, 15) is 9.18 Å². The summed E-state index contributed by atoms with van der Waals surface area (Å²) in [6.45, 7) is 7.55. The van der Waals surface area contributed by atoms with Crippen LogP contribution in [0.25, 0.3) is 5.00 Å². The minimum absolute atomic E-state index is 0.0286. The van der Waals surface area contributed by atoms with Crippen molar-refractivity contribution in [1.29, 1.82) is 0 Å². The molecule has 4 rings (SSSR count). The highest BCUT2D eigenvalue weighted by molar-refractivity contribution is 7.15. The topological polar surface area (TPSA) is 60.1 Å². The predicted octanol–water partition coefficient (Wildman–Crippen LogP) is 5.90. The largest absolute Gasteiger partial charge is 0.300 e. The van der Waals surface area contributed by atoms with Crippen LogP contribution in [0.2, 0.25) is 5.02 Å². The number of ketones is 1. The molecule has 0 bridgehead atoms. The molecule has 0 N–H and O–H groups in total. The Balaban J connectivity index is 1.87. The Morgan fingerprint density at radius 2 is 1.94 bits per heavy atom. The summed E-state index contributed by atoms with van der Waals surface area (Å²) in [4.78, 5) is 18.9. The van der Waals surface area contributed by atoms with Crippen LogP contribution in [-0.4, -0.2) is 32.4 Å². The first-order chi connectivity index (χ1) is 14.8. The Labute approximate surface area is 190 Å². The van der Waals surface area contributed by atoms with Crippen LogP contribution in [0.5, 0.6) is 0 Å². The maximum Gasteiger partial charge on any atom is 0.163 e. The number of alkyl halides is 1. The smallest absolute Gasteiger partial charge is 0.163 e. The molecule has 1 aliphatic heterocycles. The van der Waals surface area contributed by atoms with Crippen molar-refractivity contribution in [2.24, 2.45) is 4.99 Å². The lowest BCUT2D eigenvalue weighted by atomic mass is 9.99. The van der Waals surface area contributed by atoms with Gasteiger partial charge in [-0.25, -0.2) is 4.39 Å². The Kier molecular flexibility index (Phi) is 6.08. The second-order valence-electron chi connectivity index (χ2n) is 7.97. The van der Waals surface area contributed by atoms with Crippen molar-refractivity contribution in [2.45, 2.75) is 59.2 Å². The number of fused-ring (bicyclic) bond motifs is 3. The molecule has 0 spiro atoms. The van der Waals surface area contributed by atoms with Gasteiger partial charge in [-0.2, -0.15) is 0 Å². The first-order valence-corrected chi connectivity index (χ1v) is 11.5. The number of aliphatic imine (C=N–C) groups is 1. The first kappa shape index (κ1) is 21.8. The number of hydrogen-bond donors (Lipinski definition) is 0. The normalized spacial score (nSPS) is 16.3. The second kappa shape index (κ2) is 8.63. The van der Waals surface area contributed by atoms with Gasteiger partial charge in [0.1, 0.15) is 22.7 Å². The Bertz CT molecular complexity index is 1160. The number of aromatic nitrogens is 3.